The Balaban J connectivity index is 2.13. The van der Waals surface area contributed by atoms with Crippen molar-refractivity contribution >= 4 is 27.5 Å². The van der Waals surface area contributed by atoms with Gasteiger partial charge in [0.1, 0.15) is 0 Å². The first kappa shape index (κ1) is 16.3. The van der Waals surface area contributed by atoms with Crippen molar-refractivity contribution in [2.45, 2.75) is 56.7 Å². The lowest BCUT2D eigenvalue weighted by molar-refractivity contribution is -0.111. The summed E-state index contributed by atoms with van der Waals surface area (Å²) in [5, 5.41) is 11.4. The van der Waals surface area contributed by atoms with E-state index in [-0.39, 0.29) is 0 Å². The van der Waals surface area contributed by atoms with Gasteiger partial charge in [-0.3, -0.25) is 0 Å². The molecular weight excluding hydrogens is 340 g/mol. The maximum Gasteiger partial charge on any atom is 0.0939 e. The van der Waals surface area contributed by atoms with Crippen molar-refractivity contribution in [1.29, 1.82) is 0 Å². The zero-order chi connectivity index (χ0) is 14.6. The molecule has 4 heteroatoms. The fourth-order valence-electron chi connectivity index (χ4n) is 3.08. The summed E-state index contributed by atoms with van der Waals surface area (Å²) in [5.74, 6) is 0. The molecule has 2 rings (SSSR count). The Labute approximate surface area is 134 Å². The molecule has 112 valence electrons. The highest BCUT2D eigenvalue weighted by atomic mass is 79.9. The van der Waals surface area contributed by atoms with Crippen LogP contribution in [-0.4, -0.2) is 23.9 Å². The number of ether oxygens (including phenoxy) is 1. The zero-order valence-electron chi connectivity index (χ0n) is 11.9. The van der Waals surface area contributed by atoms with Gasteiger partial charge in [-0.1, -0.05) is 59.3 Å². The van der Waals surface area contributed by atoms with Crippen molar-refractivity contribution in [2.24, 2.45) is 0 Å². The van der Waals surface area contributed by atoms with Crippen molar-refractivity contribution in [2.75, 3.05) is 7.11 Å². The molecule has 2 nitrogen and oxygen atoms in total. The second-order valence-corrected chi connectivity index (χ2v) is 6.96. The number of rotatable bonds is 4. The standard InChI is InChI=1S/C16H22BrClO2/c1-20-16(8-4-2-3-5-9-16)15(19)10-12-6-7-13(17)11-14(12)18/h6-7,11,15,19H,2-5,8-10H2,1H3. The molecule has 1 aromatic rings. The molecule has 0 spiro atoms. The summed E-state index contributed by atoms with van der Waals surface area (Å²) >= 11 is 9.65. The van der Waals surface area contributed by atoms with Gasteiger partial charge in [-0.25, -0.2) is 0 Å². The molecule has 1 aliphatic rings. The van der Waals surface area contributed by atoms with E-state index in [1.165, 1.54) is 12.8 Å². The summed E-state index contributed by atoms with van der Waals surface area (Å²) < 4.78 is 6.71. The van der Waals surface area contributed by atoms with Crippen LogP contribution in [0.15, 0.2) is 22.7 Å². The van der Waals surface area contributed by atoms with E-state index in [9.17, 15) is 5.11 Å². The molecule has 0 heterocycles. The Morgan fingerprint density at radius 3 is 2.50 bits per heavy atom. The molecule has 0 bridgehead atoms. The normalized spacial score (nSPS) is 20.4. The van der Waals surface area contributed by atoms with E-state index < -0.39 is 11.7 Å². The Kier molecular flexibility index (Phi) is 5.91. The highest BCUT2D eigenvalue weighted by Gasteiger charge is 2.38. The van der Waals surface area contributed by atoms with Gasteiger partial charge < -0.3 is 9.84 Å². The molecule has 0 amide bonds. The number of methoxy groups -OCH3 is 1. The molecule has 1 aromatic carbocycles. The third-order valence-electron chi connectivity index (χ3n) is 4.39. The summed E-state index contributed by atoms with van der Waals surface area (Å²) in [4.78, 5) is 0. The fourth-order valence-corrected chi connectivity index (χ4v) is 3.83. The molecule has 0 aromatic heterocycles. The topological polar surface area (TPSA) is 29.5 Å². The average molecular weight is 362 g/mol. The van der Waals surface area contributed by atoms with E-state index >= 15 is 0 Å². The molecule has 1 fully saturated rings. The predicted molar refractivity (Wildman–Crippen MR) is 86.3 cm³/mol. The molecule has 1 saturated carbocycles. The smallest absolute Gasteiger partial charge is 0.0939 e. The second kappa shape index (κ2) is 7.26. The lowest BCUT2D eigenvalue weighted by atomic mass is 9.85. The monoisotopic (exact) mass is 360 g/mol. The summed E-state index contributed by atoms with van der Waals surface area (Å²) in [6.07, 6.45) is 6.60. The van der Waals surface area contributed by atoms with E-state index in [0.29, 0.717) is 11.4 Å². The van der Waals surface area contributed by atoms with Crippen molar-refractivity contribution in [3.8, 4) is 0 Å². The molecule has 1 aliphatic carbocycles. The van der Waals surface area contributed by atoms with E-state index in [2.05, 4.69) is 15.9 Å². The number of hydrogen-bond donors (Lipinski definition) is 1. The van der Waals surface area contributed by atoms with Crippen LogP contribution < -0.4 is 0 Å². The Morgan fingerprint density at radius 2 is 1.95 bits per heavy atom. The highest BCUT2D eigenvalue weighted by molar-refractivity contribution is 9.10. The van der Waals surface area contributed by atoms with E-state index in [1.807, 2.05) is 18.2 Å². The Bertz CT molecular complexity index is 442. The van der Waals surface area contributed by atoms with E-state index in [1.54, 1.807) is 7.11 Å². The maximum absolute atomic E-state index is 10.7. The number of aliphatic hydroxyl groups excluding tert-OH is 1. The molecule has 1 unspecified atom stereocenters. The SMILES string of the molecule is COC1(C(O)Cc2ccc(Br)cc2Cl)CCCCCC1. The molecule has 1 atom stereocenters. The number of benzene rings is 1. The van der Waals surface area contributed by atoms with Crippen molar-refractivity contribution in [3.05, 3.63) is 33.3 Å². The van der Waals surface area contributed by atoms with Crippen LogP contribution in [-0.2, 0) is 11.2 Å². The lowest BCUT2D eigenvalue weighted by Crippen LogP contribution is -2.45. The molecule has 0 saturated heterocycles. The maximum atomic E-state index is 10.7. The Morgan fingerprint density at radius 1 is 1.30 bits per heavy atom. The zero-order valence-corrected chi connectivity index (χ0v) is 14.2. The van der Waals surface area contributed by atoms with Crippen LogP contribution in [0.4, 0.5) is 0 Å². The van der Waals surface area contributed by atoms with E-state index in [4.69, 9.17) is 16.3 Å². The third kappa shape index (κ3) is 3.76. The summed E-state index contributed by atoms with van der Waals surface area (Å²) in [7, 11) is 1.72. The lowest BCUT2D eigenvalue weighted by Gasteiger charge is -2.36. The molecule has 1 N–H and O–H groups in total. The predicted octanol–water partition coefficient (Wildman–Crippen LogP) is 4.75. The quantitative estimate of drug-likeness (QED) is 0.785. The third-order valence-corrected chi connectivity index (χ3v) is 5.24. The van der Waals surface area contributed by atoms with Crippen molar-refractivity contribution < 1.29 is 9.84 Å². The van der Waals surface area contributed by atoms with Gasteiger partial charge in [0.2, 0.25) is 0 Å². The van der Waals surface area contributed by atoms with Crippen LogP contribution in [0.1, 0.15) is 44.1 Å². The highest BCUT2D eigenvalue weighted by Crippen LogP contribution is 2.35. The van der Waals surface area contributed by atoms with Gasteiger partial charge in [-0.2, -0.15) is 0 Å². The van der Waals surface area contributed by atoms with Crippen molar-refractivity contribution in [1.82, 2.24) is 0 Å². The van der Waals surface area contributed by atoms with Crippen LogP contribution in [0.5, 0.6) is 0 Å². The van der Waals surface area contributed by atoms with Crippen LogP contribution in [0, 0.1) is 0 Å². The van der Waals surface area contributed by atoms with Gasteiger partial charge in [0, 0.05) is 23.0 Å². The minimum atomic E-state index is -0.510. The minimum Gasteiger partial charge on any atom is -0.390 e. The van der Waals surface area contributed by atoms with Gasteiger partial charge >= 0.3 is 0 Å². The fraction of sp³-hybridized carbons (Fsp3) is 0.625. The van der Waals surface area contributed by atoms with Gasteiger partial charge in [-0.15, -0.1) is 0 Å². The first-order chi connectivity index (χ1) is 9.57. The largest absolute Gasteiger partial charge is 0.390 e. The molecule has 20 heavy (non-hydrogen) atoms. The van der Waals surface area contributed by atoms with Crippen LogP contribution in [0.2, 0.25) is 5.02 Å². The van der Waals surface area contributed by atoms with Gasteiger partial charge in [0.15, 0.2) is 0 Å². The average Bonchev–Trinajstić information content (AvgIpc) is 2.68. The summed E-state index contributed by atoms with van der Waals surface area (Å²) in [6, 6.07) is 5.80. The van der Waals surface area contributed by atoms with Gasteiger partial charge in [0.05, 0.1) is 11.7 Å². The van der Waals surface area contributed by atoms with Crippen LogP contribution in [0.3, 0.4) is 0 Å². The van der Waals surface area contributed by atoms with Gasteiger partial charge in [0.25, 0.3) is 0 Å². The summed E-state index contributed by atoms with van der Waals surface area (Å²) in [5.41, 5.74) is 0.565. The molecule has 0 radical (unpaired) electrons. The van der Waals surface area contributed by atoms with E-state index in [0.717, 1.165) is 35.7 Å². The second-order valence-electron chi connectivity index (χ2n) is 5.64. The molecule has 0 aliphatic heterocycles. The van der Waals surface area contributed by atoms with Gasteiger partial charge in [-0.05, 0) is 30.5 Å². The first-order valence-electron chi connectivity index (χ1n) is 7.24. The first-order valence-corrected chi connectivity index (χ1v) is 8.42. The Hall–Kier alpha value is -0.0900. The van der Waals surface area contributed by atoms with Crippen LogP contribution in [0.25, 0.3) is 0 Å². The number of hydrogen-bond acceptors (Lipinski definition) is 2. The minimum absolute atomic E-state index is 0.410. The number of halogens is 2. The number of aliphatic hydroxyl groups is 1. The van der Waals surface area contributed by atoms with Crippen molar-refractivity contribution in [3.63, 3.8) is 0 Å². The summed E-state index contributed by atoms with van der Waals surface area (Å²) in [6.45, 7) is 0. The molecular formula is C16H22BrClO2. The van der Waals surface area contributed by atoms with Crippen LogP contribution >= 0.6 is 27.5 Å².